The zero-order valence-electron chi connectivity index (χ0n) is 31.2. The average molecular weight is 729 g/mol. The number of carbonyl (C=O) groups excluding carboxylic acids is 4. The fourth-order valence-corrected chi connectivity index (χ4v) is 7.15. The molecular formula is C40H44N2O11. The van der Waals surface area contributed by atoms with Crippen LogP contribution in [0.4, 0.5) is 4.79 Å². The average Bonchev–Trinajstić information content (AvgIpc) is 3.58. The molecule has 3 atom stereocenters. The molecule has 2 bridgehead atoms. The molecule has 0 radical (unpaired) electrons. The minimum absolute atomic E-state index is 0.102. The highest BCUT2D eigenvalue weighted by Gasteiger charge is 2.55. The Morgan fingerprint density at radius 3 is 2.34 bits per heavy atom. The van der Waals surface area contributed by atoms with Crippen molar-refractivity contribution >= 4 is 23.9 Å². The Morgan fingerprint density at radius 2 is 1.70 bits per heavy atom. The monoisotopic (exact) mass is 728 g/mol. The number of fused-ring (bicyclic) bond motifs is 5. The van der Waals surface area contributed by atoms with Crippen molar-refractivity contribution in [3.05, 3.63) is 88.1 Å². The molecule has 0 aromatic heterocycles. The molecule has 6 rings (SSSR count). The number of hydrogen-bond acceptors (Lipinski definition) is 11. The van der Waals surface area contributed by atoms with Crippen LogP contribution in [0.5, 0.6) is 28.7 Å². The summed E-state index contributed by atoms with van der Waals surface area (Å²) < 4.78 is 41.3. The molecule has 0 aliphatic carbocycles. The molecule has 0 spiro atoms. The molecule has 0 saturated carbocycles. The third-order valence-electron chi connectivity index (χ3n) is 9.27. The van der Waals surface area contributed by atoms with E-state index in [9.17, 15) is 19.2 Å². The number of aryl methyl sites for hydroxylation is 1. The van der Waals surface area contributed by atoms with Crippen molar-refractivity contribution in [1.82, 2.24) is 9.80 Å². The summed E-state index contributed by atoms with van der Waals surface area (Å²) in [7, 11) is 1.54. The van der Waals surface area contributed by atoms with Gasteiger partial charge in [0.25, 0.3) is 5.91 Å². The number of hydrogen-bond donors (Lipinski definition) is 0. The maximum atomic E-state index is 15.0. The third-order valence-corrected chi connectivity index (χ3v) is 9.27. The van der Waals surface area contributed by atoms with Gasteiger partial charge in [-0.3, -0.25) is 19.3 Å². The highest BCUT2D eigenvalue weighted by molar-refractivity contribution is 5.92. The normalized spacial score (nSPS) is 17.9. The molecule has 1 saturated heterocycles. The van der Waals surface area contributed by atoms with E-state index in [-0.39, 0.29) is 37.9 Å². The summed E-state index contributed by atoms with van der Waals surface area (Å²) in [6, 6.07) is 10.0. The van der Waals surface area contributed by atoms with Crippen molar-refractivity contribution in [1.29, 1.82) is 0 Å². The number of amides is 2. The van der Waals surface area contributed by atoms with Gasteiger partial charge in [0, 0.05) is 42.7 Å². The lowest BCUT2D eigenvalue weighted by molar-refractivity contribution is -0.151. The topological polar surface area (TPSA) is 139 Å². The molecule has 3 aliphatic rings. The molecule has 2 amide bonds. The van der Waals surface area contributed by atoms with E-state index >= 15 is 0 Å². The quantitative estimate of drug-likeness (QED) is 0.178. The van der Waals surface area contributed by atoms with Crippen LogP contribution < -0.4 is 23.7 Å². The second-order valence-corrected chi connectivity index (χ2v) is 14.2. The summed E-state index contributed by atoms with van der Waals surface area (Å²) in [5.74, 6) is -0.0220. The lowest BCUT2D eigenvalue weighted by atomic mass is 9.80. The predicted octanol–water partition coefficient (Wildman–Crippen LogP) is 6.41. The molecule has 3 aromatic carbocycles. The Morgan fingerprint density at radius 1 is 1.00 bits per heavy atom. The zero-order chi connectivity index (χ0) is 38.4. The Labute approximate surface area is 308 Å². The highest BCUT2D eigenvalue weighted by Crippen LogP contribution is 2.54. The summed E-state index contributed by atoms with van der Waals surface area (Å²) in [5, 5.41) is 0. The molecule has 13 nitrogen and oxygen atoms in total. The summed E-state index contributed by atoms with van der Waals surface area (Å²) in [5.41, 5.74) is 3.18. The largest absolute Gasteiger partial charge is 0.493 e. The van der Waals surface area contributed by atoms with Gasteiger partial charge in [-0.05, 0) is 57.4 Å². The first-order valence-electron chi connectivity index (χ1n) is 17.3. The van der Waals surface area contributed by atoms with Crippen LogP contribution >= 0.6 is 0 Å². The molecule has 0 N–H and O–H groups in total. The van der Waals surface area contributed by atoms with Crippen LogP contribution in [0.15, 0.2) is 54.7 Å². The van der Waals surface area contributed by atoms with Gasteiger partial charge >= 0.3 is 18.0 Å². The third kappa shape index (κ3) is 7.07. The van der Waals surface area contributed by atoms with Crippen molar-refractivity contribution in [3.8, 4) is 28.7 Å². The van der Waals surface area contributed by atoms with E-state index in [0.29, 0.717) is 39.7 Å². The summed E-state index contributed by atoms with van der Waals surface area (Å²) in [4.78, 5) is 56.5. The van der Waals surface area contributed by atoms with Gasteiger partial charge in [-0.25, -0.2) is 4.79 Å². The fraction of sp³-hybridized carbons (Fsp3) is 0.400. The van der Waals surface area contributed by atoms with Crippen LogP contribution in [0.25, 0.3) is 0 Å². The van der Waals surface area contributed by atoms with Gasteiger partial charge in [0.2, 0.25) is 6.79 Å². The number of piperazine rings is 1. The van der Waals surface area contributed by atoms with Gasteiger partial charge < -0.3 is 38.1 Å². The lowest BCUT2D eigenvalue weighted by Crippen LogP contribution is -2.62. The van der Waals surface area contributed by atoms with Crippen molar-refractivity contribution in [2.75, 3.05) is 20.5 Å². The molecule has 1 fully saturated rings. The maximum absolute atomic E-state index is 15.0. The van der Waals surface area contributed by atoms with E-state index < -0.39 is 47.7 Å². The van der Waals surface area contributed by atoms with Crippen LogP contribution in [-0.4, -0.2) is 65.9 Å². The lowest BCUT2D eigenvalue weighted by Gasteiger charge is -2.52. The van der Waals surface area contributed by atoms with E-state index in [4.69, 9.17) is 33.2 Å². The first-order valence-corrected chi connectivity index (χ1v) is 17.3. The minimum Gasteiger partial charge on any atom is -0.493 e. The van der Waals surface area contributed by atoms with E-state index in [1.807, 2.05) is 43.3 Å². The van der Waals surface area contributed by atoms with Crippen molar-refractivity contribution in [2.24, 2.45) is 0 Å². The van der Waals surface area contributed by atoms with Gasteiger partial charge in [0.05, 0.1) is 13.2 Å². The smallest absolute Gasteiger partial charge is 0.411 e. The summed E-state index contributed by atoms with van der Waals surface area (Å²) in [6.45, 7) is 15.6. The molecule has 13 heteroatoms. The van der Waals surface area contributed by atoms with Crippen LogP contribution in [0, 0.1) is 13.8 Å². The molecule has 280 valence electrons. The number of methoxy groups -OCH3 is 1. The number of rotatable bonds is 9. The number of nitrogens with zero attached hydrogens (tertiary/aromatic N) is 2. The SMILES string of the molecule is C=C1[C@@H]2c3c(cc(C)c(OC)c3OCc3ccccc3)CC(C(=O)N1[C@@H](COC(C)=O)c1cc(OC(C)=O)c(C)c3c1OCO3)N2C(=O)OC(C)(C)C. The predicted molar refractivity (Wildman–Crippen MR) is 191 cm³/mol. The summed E-state index contributed by atoms with van der Waals surface area (Å²) >= 11 is 0. The van der Waals surface area contributed by atoms with Gasteiger partial charge in [0.1, 0.15) is 36.6 Å². The van der Waals surface area contributed by atoms with E-state index in [1.54, 1.807) is 40.9 Å². The first-order chi connectivity index (χ1) is 25.1. The number of benzene rings is 3. The zero-order valence-corrected chi connectivity index (χ0v) is 31.2. The first kappa shape index (κ1) is 37.1. The number of carbonyl (C=O) groups is 4. The van der Waals surface area contributed by atoms with E-state index in [0.717, 1.165) is 16.7 Å². The molecule has 3 aromatic rings. The van der Waals surface area contributed by atoms with Crippen LogP contribution in [0.2, 0.25) is 0 Å². The standard InChI is InChI=1S/C40H44N2O11/c1-21-15-27-16-29-38(45)41(30(19-48-24(4)43)28-17-31(52-25(5)44)22(2)35-36(28)51-20-50-35)23(3)33(42(29)39(46)53-40(6,7)8)32(27)37(34(21)47-9)49-18-26-13-11-10-12-14-26/h10-15,17,29-30,33H,3,16,18-20H2,1-2,4-9H3/t29?,30-,33+/m0/s1. The van der Waals surface area contributed by atoms with Crippen molar-refractivity contribution < 1.29 is 52.3 Å². The molecule has 1 unspecified atom stereocenters. The van der Waals surface area contributed by atoms with Gasteiger partial charge in [-0.1, -0.05) is 43.0 Å². The minimum atomic E-state index is -1.06. The Balaban J connectivity index is 1.56. The van der Waals surface area contributed by atoms with Crippen LogP contribution in [-0.2, 0) is 36.9 Å². The number of esters is 2. The van der Waals surface area contributed by atoms with Gasteiger partial charge in [-0.15, -0.1) is 0 Å². The Hall–Kier alpha value is -5.72. The molecule has 53 heavy (non-hydrogen) atoms. The number of ether oxygens (including phenoxy) is 7. The highest BCUT2D eigenvalue weighted by atomic mass is 16.7. The Kier molecular flexibility index (Phi) is 10.0. The fourth-order valence-electron chi connectivity index (χ4n) is 7.15. The van der Waals surface area contributed by atoms with E-state index in [2.05, 4.69) is 6.58 Å². The second-order valence-electron chi connectivity index (χ2n) is 14.2. The summed E-state index contributed by atoms with van der Waals surface area (Å²) in [6.07, 6.45) is -0.618. The molecule has 3 heterocycles. The maximum Gasteiger partial charge on any atom is 0.411 e. The molecular weight excluding hydrogens is 684 g/mol. The van der Waals surface area contributed by atoms with Crippen molar-refractivity contribution in [3.63, 3.8) is 0 Å². The van der Waals surface area contributed by atoms with Gasteiger partial charge in [-0.2, -0.15) is 0 Å². The van der Waals surface area contributed by atoms with Crippen LogP contribution in [0.3, 0.4) is 0 Å². The Bertz CT molecular complexity index is 1980. The van der Waals surface area contributed by atoms with Gasteiger partial charge in [0.15, 0.2) is 23.0 Å². The van der Waals surface area contributed by atoms with Crippen LogP contribution in [0.1, 0.15) is 80.1 Å². The van der Waals surface area contributed by atoms with Crippen molar-refractivity contribution in [2.45, 2.75) is 85.2 Å². The van der Waals surface area contributed by atoms with E-state index in [1.165, 1.54) is 23.6 Å². The second kappa shape index (κ2) is 14.4. The molecule has 3 aliphatic heterocycles.